The van der Waals surface area contributed by atoms with Crippen LogP contribution in [0, 0.1) is 0 Å². The standard InChI is InChI=1S/C21H21NO4S/c1-14(20(23)22-12-11-15-7-9-17(25-2)10-8-15)26-21(24)19-13-16-5-3-4-6-18(16)27-19/h3-10,13-14H,11-12H2,1-2H3,(H,22,23)/t14-/m1/s1. The number of hydrogen-bond acceptors (Lipinski definition) is 5. The predicted octanol–water partition coefficient (Wildman–Crippen LogP) is 3.81. The molecule has 140 valence electrons. The average molecular weight is 383 g/mol. The minimum atomic E-state index is -0.849. The Morgan fingerprint density at radius 2 is 1.85 bits per heavy atom. The molecular weight excluding hydrogens is 362 g/mol. The van der Waals surface area contributed by atoms with E-state index in [1.807, 2.05) is 48.5 Å². The lowest BCUT2D eigenvalue weighted by atomic mass is 10.1. The summed E-state index contributed by atoms with van der Waals surface area (Å²) in [6.45, 7) is 2.05. The van der Waals surface area contributed by atoms with Crippen molar-refractivity contribution in [1.82, 2.24) is 5.32 Å². The normalized spacial score (nSPS) is 11.8. The molecule has 27 heavy (non-hydrogen) atoms. The number of amides is 1. The Bertz CT molecular complexity index is 900. The van der Waals surface area contributed by atoms with Crippen molar-refractivity contribution in [1.29, 1.82) is 0 Å². The highest BCUT2D eigenvalue weighted by molar-refractivity contribution is 7.20. The van der Waals surface area contributed by atoms with Crippen LogP contribution in [0.25, 0.3) is 10.1 Å². The van der Waals surface area contributed by atoms with Crippen LogP contribution in [0.1, 0.15) is 22.2 Å². The maximum absolute atomic E-state index is 12.3. The number of carbonyl (C=O) groups excluding carboxylic acids is 2. The molecule has 1 N–H and O–H groups in total. The van der Waals surface area contributed by atoms with Crippen LogP contribution < -0.4 is 10.1 Å². The van der Waals surface area contributed by atoms with Gasteiger partial charge in [-0.05, 0) is 48.6 Å². The van der Waals surface area contributed by atoms with Gasteiger partial charge in [0.25, 0.3) is 5.91 Å². The number of carbonyl (C=O) groups is 2. The van der Waals surface area contributed by atoms with Gasteiger partial charge in [-0.3, -0.25) is 4.79 Å². The third kappa shape index (κ3) is 4.86. The third-order valence-electron chi connectivity index (χ3n) is 4.15. The van der Waals surface area contributed by atoms with Crippen LogP contribution in [0.15, 0.2) is 54.6 Å². The zero-order valence-electron chi connectivity index (χ0n) is 15.2. The van der Waals surface area contributed by atoms with E-state index in [-0.39, 0.29) is 5.91 Å². The van der Waals surface area contributed by atoms with Crippen LogP contribution in [-0.2, 0) is 16.0 Å². The topological polar surface area (TPSA) is 64.6 Å². The second-order valence-electron chi connectivity index (χ2n) is 6.09. The lowest BCUT2D eigenvalue weighted by Crippen LogP contribution is -2.36. The summed E-state index contributed by atoms with van der Waals surface area (Å²) in [4.78, 5) is 24.9. The van der Waals surface area contributed by atoms with E-state index in [1.54, 1.807) is 20.1 Å². The third-order valence-corrected chi connectivity index (χ3v) is 5.25. The van der Waals surface area contributed by atoms with E-state index >= 15 is 0 Å². The summed E-state index contributed by atoms with van der Waals surface area (Å²) in [6, 6.07) is 17.2. The molecule has 1 amide bonds. The Balaban J connectivity index is 1.48. The molecule has 1 atom stereocenters. The monoisotopic (exact) mass is 383 g/mol. The molecule has 3 rings (SSSR count). The lowest BCUT2D eigenvalue weighted by molar-refractivity contribution is -0.129. The predicted molar refractivity (Wildman–Crippen MR) is 106 cm³/mol. The first kappa shape index (κ1) is 18.9. The van der Waals surface area contributed by atoms with Crippen molar-refractivity contribution in [2.24, 2.45) is 0 Å². The van der Waals surface area contributed by atoms with Gasteiger partial charge in [0.1, 0.15) is 10.6 Å². The van der Waals surface area contributed by atoms with Crippen LogP contribution in [0.3, 0.4) is 0 Å². The smallest absolute Gasteiger partial charge is 0.349 e. The molecule has 2 aromatic carbocycles. The van der Waals surface area contributed by atoms with Crippen molar-refractivity contribution in [3.63, 3.8) is 0 Å². The van der Waals surface area contributed by atoms with Crippen LogP contribution in [-0.4, -0.2) is 31.6 Å². The number of ether oxygens (including phenoxy) is 2. The molecule has 0 saturated heterocycles. The fourth-order valence-electron chi connectivity index (χ4n) is 2.62. The fourth-order valence-corrected chi connectivity index (χ4v) is 3.57. The van der Waals surface area contributed by atoms with Crippen molar-refractivity contribution >= 4 is 33.3 Å². The lowest BCUT2D eigenvalue weighted by Gasteiger charge is -2.13. The highest BCUT2D eigenvalue weighted by atomic mass is 32.1. The van der Waals surface area contributed by atoms with Crippen molar-refractivity contribution < 1.29 is 19.1 Å². The van der Waals surface area contributed by atoms with Gasteiger partial charge in [-0.25, -0.2) is 4.79 Å². The molecular formula is C21H21NO4S. The van der Waals surface area contributed by atoms with E-state index in [0.717, 1.165) is 21.4 Å². The Kier molecular flexibility index (Phi) is 6.08. The molecule has 0 bridgehead atoms. The van der Waals surface area contributed by atoms with Crippen LogP contribution in [0.4, 0.5) is 0 Å². The molecule has 0 unspecified atom stereocenters. The molecule has 1 aromatic heterocycles. The van der Waals surface area contributed by atoms with Gasteiger partial charge in [0.05, 0.1) is 7.11 Å². The van der Waals surface area contributed by atoms with Gasteiger partial charge < -0.3 is 14.8 Å². The molecule has 0 aliphatic heterocycles. The second kappa shape index (κ2) is 8.68. The van der Waals surface area contributed by atoms with Gasteiger partial charge in [-0.2, -0.15) is 0 Å². The maximum atomic E-state index is 12.3. The summed E-state index contributed by atoms with van der Waals surface area (Å²) in [7, 11) is 1.62. The first-order chi connectivity index (χ1) is 13.1. The first-order valence-electron chi connectivity index (χ1n) is 8.67. The largest absolute Gasteiger partial charge is 0.497 e. The number of fused-ring (bicyclic) bond motifs is 1. The van der Waals surface area contributed by atoms with E-state index in [4.69, 9.17) is 9.47 Å². The Morgan fingerprint density at radius 1 is 1.11 bits per heavy atom. The van der Waals surface area contributed by atoms with Crippen molar-refractivity contribution in [3.05, 3.63) is 65.0 Å². The van der Waals surface area contributed by atoms with Gasteiger partial charge in [-0.15, -0.1) is 11.3 Å². The molecule has 6 heteroatoms. The zero-order chi connectivity index (χ0) is 19.2. The zero-order valence-corrected chi connectivity index (χ0v) is 16.0. The summed E-state index contributed by atoms with van der Waals surface area (Å²) in [5, 5.41) is 3.79. The Morgan fingerprint density at radius 3 is 2.56 bits per heavy atom. The first-order valence-corrected chi connectivity index (χ1v) is 9.48. The number of hydrogen-bond donors (Lipinski definition) is 1. The second-order valence-corrected chi connectivity index (χ2v) is 7.17. The maximum Gasteiger partial charge on any atom is 0.349 e. The van der Waals surface area contributed by atoms with Gasteiger partial charge in [0.2, 0.25) is 0 Å². The highest BCUT2D eigenvalue weighted by Gasteiger charge is 2.20. The minimum absolute atomic E-state index is 0.307. The van der Waals surface area contributed by atoms with Gasteiger partial charge in [0, 0.05) is 11.2 Å². The van der Waals surface area contributed by atoms with Crippen LogP contribution >= 0.6 is 11.3 Å². The highest BCUT2D eigenvalue weighted by Crippen LogP contribution is 2.26. The molecule has 0 saturated carbocycles. The molecule has 1 heterocycles. The summed E-state index contributed by atoms with van der Waals surface area (Å²) < 4.78 is 11.4. The number of methoxy groups -OCH3 is 1. The van der Waals surface area contributed by atoms with Gasteiger partial charge in [-0.1, -0.05) is 30.3 Å². The number of thiophene rings is 1. The minimum Gasteiger partial charge on any atom is -0.497 e. The number of benzene rings is 2. The van der Waals surface area contributed by atoms with E-state index in [9.17, 15) is 9.59 Å². The fraction of sp³-hybridized carbons (Fsp3) is 0.238. The van der Waals surface area contributed by atoms with Crippen LogP contribution in [0.5, 0.6) is 5.75 Å². The SMILES string of the molecule is COc1ccc(CCNC(=O)[C@@H](C)OC(=O)c2cc3ccccc3s2)cc1. The summed E-state index contributed by atoms with van der Waals surface area (Å²) >= 11 is 1.36. The van der Waals surface area contributed by atoms with E-state index in [2.05, 4.69) is 5.32 Å². The summed E-state index contributed by atoms with van der Waals surface area (Å²) in [6.07, 6.45) is -0.161. The number of nitrogens with one attached hydrogen (secondary N) is 1. The summed E-state index contributed by atoms with van der Waals surface area (Å²) in [5.74, 6) is 0.0107. The Hall–Kier alpha value is -2.86. The number of esters is 1. The van der Waals surface area contributed by atoms with Crippen molar-refractivity contribution in [2.75, 3.05) is 13.7 Å². The molecule has 5 nitrogen and oxygen atoms in total. The molecule has 0 aliphatic carbocycles. The quantitative estimate of drug-likeness (QED) is 0.630. The summed E-state index contributed by atoms with van der Waals surface area (Å²) in [5.41, 5.74) is 1.09. The van der Waals surface area contributed by atoms with Crippen molar-refractivity contribution in [3.8, 4) is 5.75 Å². The molecule has 0 spiro atoms. The molecule has 0 radical (unpaired) electrons. The van der Waals surface area contributed by atoms with Crippen molar-refractivity contribution in [2.45, 2.75) is 19.4 Å². The van der Waals surface area contributed by atoms with Gasteiger partial charge in [0.15, 0.2) is 6.10 Å². The Labute approximate surface area is 161 Å². The average Bonchev–Trinajstić information content (AvgIpc) is 3.13. The van der Waals surface area contributed by atoms with E-state index in [0.29, 0.717) is 17.8 Å². The molecule has 0 fully saturated rings. The van der Waals surface area contributed by atoms with Gasteiger partial charge >= 0.3 is 5.97 Å². The van der Waals surface area contributed by atoms with Crippen LogP contribution in [0.2, 0.25) is 0 Å². The number of rotatable bonds is 7. The van der Waals surface area contributed by atoms with E-state index in [1.165, 1.54) is 11.3 Å². The molecule has 0 aliphatic rings. The van der Waals surface area contributed by atoms with E-state index < -0.39 is 12.1 Å². The molecule has 3 aromatic rings.